The summed E-state index contributed by atoms with van der Waals surface area (Å²) in [5.41, 5.74) is 8.02. The van der Waals surface area contributed by atoms with Crippen LogP contribution in [0.3, 0.4) is 0 Å². The van der Waals surface area contributed by atoms with Gasteiger partial charge in [-0.2, -0.15) is 0 Å². The zero-order valence-electron chi connectivity index (χ0n) is 10.8. The van der Waals surface area contributed by atoms with E-state index in [9.17, 15) is 0 Å². The van der Waals surface area contributed by atoms with Crippen LogP contribution in [0.5, 0.6) is 0 Å². The summed E-state index contributed by atoms with van der Waals surface area (Å²) in [7, 11) is 2.18. The molecule has 0 unspecified atom stereocenters. The number of nitrogens with zero attached hydrogens (tertiary/aromatic N) is 1. The Balaban J connectivity index is 2.08. The van der Waals surface area contributed by atoms with Crippen LogP contribution in [0, 0.1) is 0 Å². The van der Waals surface area contributed by atoms with Crippen molar-refractivity contribution in [2.24, 2.45) is 0 Å². The van der Waals surface area contributed by atoms with Crippen LogP contribution in [-0.4, -0.2) is 18.0 Å². The van der Waals surface area contributed by atoms with Crippen molar-refractivity contribution in [1.29, 1.82) is 0 Å². The van der Waals surface area contributed by atoms with Gasteiger partial charge in [-0.1, -0.05) is 30.9 Å². The summed E-state index contributed by atoms with van der Waals surface area (Å²) in [6, 6.07) is 4.51. The second kappa shape index (κ2) is 6.27. The first-order valence-corrected chi connectivity index (χ1v) is 7.68. The van der Waals surface area contributed by atoms with E-state index >= 15 is 0 Å². The Morgan fingerprint density at radius 2 is 2.00 bits per heavy atom. The smallest absolute Gasteiger partial charge is 0.0505 e. The van der Waals surface area contributed by atoms with Crippen molar-refractivity contribution in [1.82, 2.24) is 4.90 Å². The summed E-state index contributed by atoms with van der Waals surface area (Å²) in [6.45, 7) is 0.871. The largest absolute Gasteiger partial charge is 0.398 e. The molecule has 4 heteroatoms. The number of hydrogen-bond donors (Lipinski definition) is 1. The van der Waals surface area contributed by atoms with Gasteiger partial charge in [0.1, 0.15) is 0 Å². The zero-order valence-corrected chi connectivity index (χ0v) is 13.1. The van der Waals surface area contributed by atoms with Crippen LogP contribution in [0.2, 0.25) is 5.02 Å². The maximum absolute atomic E-state index is 6.10. The molecule has 18 heavy (non-hydrogen) atoms. The van der Waals surface area contributed by atoms with E-state index in [2.05, 4.69) is 27.9 Å². The molecule has 1 aliphatic rings. The first-order valence-electron chi connectivity index (χ1n) is 6.51. The summed E-state index contributed by atoms with van der Waals surface area (Å²) in [6.07, 6.45) is 6.69. The third-order valence-corrected chi connectivity index (χ3v) is 4.67. The number of hydrogen-bond acceptors (Lipinski definition) is 2. The average Bonchev–Trinajstić information content (AvgIpc) is 2.36. The van der Waals surface area contributed by atoms with E-state index in [-0.39, 0.29) is 0 Å². The minimum atomic E-state index is 0.691. The first kappa shape index (κ1) is 14.2. The Kier molecular flexibility index (Phi) is 4.93. The van der Waals surface area contributed by atoms with Gasteiger partial charge >= 0.3 is 0 Å². The Hall–Kier alpha value is -0.250. The summed E-state index contributed by atoms with van der Waals surface area (Å²) >= 11 is 9.54. The van der Waals surface area contributed by atoms with Crippen LogP contribution >= 0.6 is 27.5 Å². The van der Waals surface area contributed by atoms with Crippen LogP contribution in [0.25, 0.3) is 0 Å². The van der Waals surface area contributed by atoms with Gasteiger partial charge in [0, 0.05) is 22.1 Å². The van der Waals surface area contributed by atoms with Gasteiger partial charge < -0.3 is 5.73 Å². The van der Waals surface area contributed by atoms with E-state index in [4.69, 9.17) is 17.3 Å². The van der Waals surface area contributed by atoms with Crippen molar-refractivity contribution in [2.45, 2.75) is 44.7 Å². The van der Waals surface area contributed by atoms with Crippen molar-refractivity contribution < 1.29 is 0 Å². The monoisotopic (exact) mass is 330 g/mol. The number of nitrogens with two attached hydrogens (primary N) is 1. The van der Waals surface area contributed by atoms with Crippen molar-refractivity contribution in [3.8, 4) is 0 Å². The number of rotatable bonds is 3. The highest BCUT2D eigenvalue weighted by Gasteiger charge is 2.19. The Bertz CT molecular complexity index is 417. The molecule has 2 N–H and O–H groups in total. The third kappa shape index (κ3) is 3.40. The van der Waals surface area contributed by atoms with Gasteiger partial charge in [0.05, 0.1) is 5.69 Å². The molecule has 0 atom stereocenters. The van der Waals surface area contributed by atoms with Crippen molar-refractivity contribution in [3.05, 3.63) is 27.2 Å². The fraction of sp³-hybridized carbons (Fsp3) is 0.571. The zero-order chi connectivity index (χ0) is 13.1. The van der Waals surface area contributed by atoms with Crippen LogP contribution in [0.15, 0.2) is 16.6 Å². The normalized spacial score (nSPS) is 17.3. The van der Waals surface area contributed by atoms with Gasteiger partial charge in [0.25, 0.3) is 0 Å². The second-order valence-electron chi connectivity index (χ2n) is 5.17. The Morgan fingerprint density at radius 3 is 2.67 bits per heavy atom. The van der Waals surface area contributed by atoms with Gasteiger partial charge in [0.15, 0.2) is 0 Å². The van der Waals surface area contributed by atoms with E-state index in [1.165, 1.54) is 32.1 Å². The SMILES string of the molecule is CN(Cc1cc(Cl)cc(Br)c1N)C1CCCCC1. The molecule has 100 valence electrons. The lowest BCUT2D eigenvalue weighted by Gasteiger charge is -2.31. The predicted molar refractivity (Wildman–Crippen MR) is 81.9 cm³/mol. The molecule has 1 aromatic carbocycles. The Labute approximate surface area is 123 Å². The van der Waals surface area contributed by atoms with Gasteiger partial charge in [-0.05, 0) is 53.5 Å². The number of anilines is 1. The van der Waals surface area contributed by atoms with Crippen molar-refractivity contribution in [2.75, 3.05) is 12.8 Å². The van der Waals surface area contributed by atoms with Crippen molar-refractivity contribution >= 4 is 33.2 Å². The topological polar surface area (TPSA) is 29.3 Å². The van der Waals surface area contributed by atoms with Crippen LogP contribution in [0.4, 0.5) is 5.69 Å². The molecule has 0 heterocycles. The predicted octanol–water partition coefficient (Wildman–Crippen LogP) is 4.45. The van der Waals surface area contributed by atoms with Crippen LogP contribution < -0.4 is 5.73 Å². The molecule has 1 saturated carbocycles. The molecule has 0 aromatic heterocycles. The van der Waals surface area contributed by atoms with E-state index in [0.29, 0.717) is 6.04 Å². The number of nitrogen functional groups attached to an aromatic ring is 1. The molecule has 1 fully saturated rings. The summed E-state index contributed by atoms with van der Waals surface area (Å²) < 4.78 is 0.891. The molecule has 0 amide bonds. The molecule has 0 aliphatic heterocycles. The summed E-state index contributed by atoms with van der Waals surface area (Å²) in [5.74, 6) is 0. The minimum Gasteiger partial charge on any atom is -0.398 e. The lowest BCUT2D eigenvalue weighted by Crippen LogP contribution is -2.33. The van der Waals surface area contributed by atoms with Crippen LogP contribution in [-0.2, 0) is 6.54 Å². The quantitative estimate of drug-likeness (QED) is 0.829. The lowest BCUT2D eigenvalue weighted by molar-refractivity contribution is 0.185. The maximum atomic E-state index is 6.10. The van der Waals surface area contributed by atoms with Gasteiger partial charge in [0.2, 0.25) is 0 Å². The molecule has 2 nitrogen and oxygen atoms in total. The molecule has 0 saturated heterocycles. The first-order chi connectivity index (χ1) is 8.58. The molecular weight excluding hydrogens is 312 g/mol. The second-order valence-corrected chi connectivity index (χ2v) is 6.46. The van der Waals surface area contributed by atoms with Gasteiger partial charge in [-0.15, -0.1) is 0 Å². The molecule has 0 radical (unpaired) electrons. The molecule has 1 aliphatic carbocycles. The molecular formula is C14H20BrClN2. The fourth-order valence-corrected chi connectivity index (χ4v) is 3.56. The highest BCUT2D eigenvalue weighted by molar-refractivity contribution is 9.10. The lowest BCUT2D eigenvalue weighted by atomic mass is 9.94. The highest BCUT2D eigenvalue weighted by atomic mass is 79.9. The van der Waals surface area contributed by atoms with E-state index in [0.717, 1.165) is 27.3 Å². The van der Waals surface area contributed by atoms with Crippen molar-refractivity contribution in [3.63, 3.8) is 0 Å². The third-order valence-electron chi connectivity index (χ3n) is 3.80. The number of benzene rings is 1. The Morgan fingerprint density at radius 1 is 1.33 bits per heavy atom. The van der Waals surface area contributed by atoms with E-state index in [1.54, 1.807) is 0 Å². The number of halogens is 2. The average molecular weight is 332 g/mol. The molecule has 2 rings (SSSR count). The van der Waals surface area contributed by atoms with Gasteiger partial charge in [-0.3, -0.25) is 4.90 Å². The van der Waals surface area contributed by atoms with Gasteiger partial charge in [-0.25, -0.2) is 0 Å². The molecule has 1 aromatic rings. The highest BCUT2D eigenvalue weighted by Crippen LogP contribution is 2.30. The molecule has 0 spiro atoms. The molecule has 0 bridgehead atoms. The summed E-state index contributed by atoms with van der Waals surface area (Å²) in [5, 5.41) is 0.739. The fourth-order valence-electron chi connectivity index (χ4n) is 2.69. The van der Waals surface area contributed by atoms with E-state index < -0.39 is 0 Å². The summed E-state index contributed by atoms with van der Waals surface area (Å²) in [4.78, 5) is 2.41. The van der Waals surface area contributed by atoms with Crippen LogP contribution in [0.1, 0.15) is 37.7 Å². The minimum absolute atomic E-state index is 0.691. The van der Waals surface area contributed by atoms with E-state index in [1.807, 2.05) is 12.1 Å². The maximum Gasteiger partial charge on any atom is 0.0505 e. The standard InChI is InChI=1S/C14H20BrClN2/c1-18(12-5-3-2-4-6-12)9-10-7-11(16)8-13(15)14(10)17/h7-8,12H,2-6,9,17H2,1H3.